The van der Waals surface area contributed by atoms with Gasteiger partial charge in [-0.25, -0.2) is 0 Å². The monoisotopic (exact) mass is 438 g/mol. The van der Waals surface area contributed by atoms with Crippen molar-refractivity contribution < 1.29 is 19.1 Å². The zero-order valence-corrected chi connectivity index (χ0v) is 18.0. The molecule has 0 unspecified atom stereocenters. The van der Waals surface area contributed by atoms with Crippen molar-refractivity contribution in [3.05, 3.63) is 88.4 Å². The number of ether oxygens (including phenoxy) is 2. The number of halogens is 1. The zero-order chi connectivity index (χ0) is 22.2. The zero-order valence-electron chi connectivity index (χ0n) is 17.3. The van der Waals surface area contributed by atoms with Crippen LogP contribution in [-0.2, 0) is 6.42 Å². The van der Waals surface area contributed by atoms with Crippen molar-refractivity contribution in [2.75, 3.05) is 26.1 Å². The van der Waals surface area contributed by atoms with Crippen LogP contribution >= 0.6 is 11.6 Å². The standard InChI is InChI=1S/C24H23ClN2O4/c1-30-21-15-17(14-19(25)22(21)31-2)23(28)27-20-11-7-6-10-18(20)24(29)26-13-12-16-8-4-3-5-9-16/h3-11,14-15H,12-13H2,1-2H3,(H,26,29)(H,27,28). The fourth-order valence-corrected chi connectivity index (χ4v) is 3.38. The van der Waals surface area contributed by atoms with Gasteiger partial charge in [-0.05, 0) is 36.2 Å². The number of nitrogens with one attached hydrogen (secondary N) is 2. The van der Waals surface area contributed by atoms with E-state index in [0.29, 0.717) is 35.7 Å². The molecule has 0 aliphatic rings. The maximum atomic E-state index is 12.8. The van der Waals surface area contributed by atoms with Crippen LogP contribution in [0.25, 0.3) is 0 Å². The number of carbonyl (C=O) groups excluding carboxylic acids is 2. The molecule has 0 fully saturated rings. The first-order valence-electron chi connectivity index (χ1n) is 9.67. The molecule has 3 aromatic rings. The van der Waals surface area contributed by atoms with Crippen LogP contribution in [0.15, 0.2) is 66.7 Å². The van der Waals surface area contributed by atoms with Crippen LogP contribution in [-0.4, -0.2) is 32.6 Å². The van der Waals surface area contributed by atoms with E-state index < -0.39 is 5.91 Å². The van der Waals surface area contributed by atoms with Gasteiger partial charge >= 0.3 is 0 Å². The lowest BCUT2D eigenvalue weighted by atomic mass is 10.1. The molecule has 2 amide bonds. The number of para-hydroxylation sites is 1. The van der Waals surface area contributed by atoms with E-state index in [2.05, 4.69) is 10.6 Å². The predicted molar refractivity (Wildman–Crippen MR) is 121 cm³/mol. The van der Waals surface area contributed by atoms with Gasteiger partial charge in [0.2, 0.25) is 0 Å². The number of methoxy groups -OCH3 is 2. The van der Waals surface area contributed by atoms with Crippen molar-refractivity contribution in [1.82, 2.24) is 5.32 Å². The lowest BCUT2D eigenvalue weighted by Crippen LogP contribution is -2.27. The normalized spacial score (nSPS) is 10.3. The van der Waals surface area contributed by atoms with Gasteiger partial charge in [0.05, 0.1) is 30.5 Å². The molecule has 2 N–H and O–H groups in total. The smallest absolute Gasteiger partial charge is 0.255 e. The number of anilines is 1. The number of carbonyl (C=O) groups is 2. The molecule has 0 aliphatic carbocycles. The average molecular weight is 439 g/mol. The van der Waals surface area contributed by atoms with Gasteiger partial charge in [-0.3, -0.25) is 9.59 Å². The van der Waals surface area contributed by atoms with E-state index in [9.17, 15) is 9.59 Å². The minimum absolute atomic E-state index is 0.249. The second-order valence-electron chi connectivity index (χ2n) is 6.68. The molecule has 0 aliphatic heterocycles. The topological polar surface area (TPSA) is 76.7 Å². The average Bonchev–Trinajstić information content (AvgIpc) is 2.79. The maximum Gasteiger partial charge on any atom is 0.255 e. The minimum atomic E-state index is -0.424. The van der Waals surface area contributed by atoms with E-state index in [1.807, 2.05) is 30.3 Å². The third-order valence-electron chi connectivity index (χ3n) is 4.66. The first-order valence-corrected chi connectivity index (χ1v) is 10.0. The highest BCUT2D eigenvalue weighted by Crippen LogP contribution is 2.36. The molecule has 3 rings (SSSR count). The minimum Gasteiger partial charge on any atom is -0.493 e. The fraction of sp³-hybridized carbons (Fsp3) is 0.167. The van der Waals surface area contributed by atoms with Gasteiger partial charge in [0.1, 0.15) is 0 Å². The SMILES string of the molecule is COc1cc(C(=O)Nc2ccccc2C(=O)NCCc2ccccc2)cc(Cl)c1OC. The summed E-state index contributed by atoms with van der Waals surface area (Å²) in [7, 11) is 2.93. The Balaban J connectivity index is 1.72. The largest absolute Gasteiger partial charge is 0.493 e. The Labute approximate surface area is 186 Å². The summed E-state index contributed by atoms with van der Waals surface area (Å²) in [5.74, 6) is -0.00411. The van der Waals surface area contributed by atoms with Crippen LogP contribution < -0.4 is 20.1 Å². The van der Waals surface area contributed by atoms with Crippen molar-refractivity contribution in [3.63, 3.8) is 0 Å². The van der Waals surface area contributed by atoms with Crippen LogP contribution in [0.3, 0.4) is 0 Å². The Morgan fingerprint density at radius 2 is 1.61 bits per heavy atom. The predicted octanol–water partition coefficient (Wildman–Crippen LogP) is 4.58. The van der Waals surface area contributed by atoms with Gasteiger partial charge in [-0.2, -0.15) is 0 Å². The summed E-state index contributed by atoms with van der Waals surface area (Å²) in [5.41, 5.74) is 2.18. The highest BCUT2D eigenvalue weighted by Gasteiger charge is 2.18. The Morgan fingerprint density at radius 1 is 0.903 bits per heavy atom. The number of hydrogen-bond acceptors (Lipinski definition) is 4. The van der Waals surface area contributed by atoms with Crippen LogP contribution in [0.4, 0.5) is 5.69 Å². The highest BCUT2D eigenvalue weighted by atomic mass is 35.5. The molecule has 0 atom stereocenters. The molecule has 0 saturated carbocycles. The highest BCUT2D eigenvalue weighted by molar-refractivity contribution is 6.32. The Bertz CT molecular complexity index is 1070. The second-order valence-corrected chi connectivity index (χ2v) is 7.09. The Kier molecular flexibility index (Phi) is 7.51. The molecule has 31 heavy (non-hydrogen) atoms. The quantitative estimate of drug-likeness (QED) is 0.539. The molecule has 6 nitrogen and oxygen atoms in total. The third-order valence-corrected chi connectivity index (χ3v) is 4.94. The van der Waals surface area contributed by atoms with Gasteiger partial charge in [0, 0.05) is 12.1 Å². The van der Waals surface area contributed by atoms with Gasteiger partial charge in [-0.1, -0.05) is 54.1 Å². The van der Waals surface area contributed by atoms with Crippen LogP contribution in [0.5, 0.6) is 11.5 Å². The van der Waals surface area contributed by atoms with Gasteiger partial charge in [-0.15, -0.1) is 0 Å². The van der Waals surface area contributed by atoms with Crippen molar-refractivity contribution >= 4 is 29.1 Å². The molecular weight excluding hydrogens is 416 g/mol. The fourth-order valence-electron chi connectivity index (χ4n) is 3.09. The summed E-state index contributed by atoms with van der Waals surface area (Å²) in [5, 5.41) is 5.92. The van der Waals surface area contributed by atoms with Crippen LogP contribution in [0, 0.1) is 0 Å². The molecule has 160 valence electrons. The van der Waals surface area contributed by atoms with Gasteiger partial charge in [0.15, 0.2) is 11.5 Å². The summed E-state index contributed by atoms with van der Waals surface area (Å²) in [6.45, 7) is 0.483. The lowest BCUT2D eigenvalue weighted by molar-refractivity contribution is 0.0955. The molecule has 0 radical (unpaired) electrons. The third kappa shape index (κ3) is 5.55. The molecule has 0 aromatic heterocycles. The number of amides is 2. The first-order chi connectivity index (χ1) is 15.0. The Morgan fingerprint density at radius 3 is 2.32 bits per heavy atom. The summed E-state index contributed by atoms with van der Waals surface area (Å²) in [6.07, 6.45) is 0.714. The van der Waals surface area contributed by atoms with Crippen molar-refractivity contribution in [1.29, 1.82) is 0 Å². The summed E-state index contributed by atoms with van der Waals surface area (Å²) < 4.78 is 10.4. The molecule has 0 heterocycles. The van der Waals surface area contributed by atoms with E-state index >= 15 is 0 Å². The van der Waals surface area contributed by atoms with E-state index in [-0.39, 0.29) is 16.5 Å². The summed E-state index contributed by atoms with van der Waals surface area (Å²) >= 11 is 6.20. The molecule has 7 heteroatoms. The number of rotatable bonds is 8. The van der Waals surface area contributed by atoms with Crippen molar-refractivity contribution in [2.24, 2.45) is 0 Å². The number of benzene rings is 3. The summed E-state index contributed by atoms with van der Waals surface area (Å²) in [6, 6.07) is 19.7. The van der Waals surface area contributed by atoms with E-state index in [1.54, 1.807) is 24.3 Å². The van der Waals surface area contributed by atoms with Crippen molar-refractivity contribution in [2.45, 2.75) is 6.42 Å². The molecule has 0 saturated heterocycles. The van der Waals surface area contributed by atoms with Crippen LogP contribution in [0.2, 0.25) is 5.02 Å². The molecule has 3 aromatic carbocycles. The Hall–Kier alpha value is -3.51. The maximum absolute atomic E-state index is 12.8. The van der Waals surface area contributed by atoms with Gasteiger partial charge < -0.3 is 20.1 Å². The molecule has 0 spiro atoms. The number of hydrogen-bond donors (Lipinski definition) is 2. The summed E-state index contributed by atoms with van der Waals surface area (Å²) in [4.78, 5) is 25.5. The molecular formula is C24H23ClN2O4. The van der Waals surface area contributed by atoms with Crippen molar-refractivity contribution in [3.8, 4) is 11.5 Å². The lowest BCUT2D eigenvalue weighted by Gasteiger charge is -2.14. The van der Waals surface area contributed by atoms with E-state index in [4.69, 9.17) is 21.1 Å². The van der Waals surface area contributed by atoms with E-state index in [0.717, 1.165) is 5.56 Å². The van der Waals surface area contributed by atoms with E-state index in [1.165, 1.54) is 26.4 Å². The van der Waals surface area contributed by atoms with Crippen LogP contribution in [0.1, 0.15) is 26.3 Å². The first kappa shape index (κ1) is 22.2. The second kappa shape index (κ2) is 10.5. The van der Waals surface area contributed by atoms with Gasteiger partial charge in [0.25, 0.3) is 11.8 Å². The molecule has 0 bridgehead atoms.